The molecule has 98 valence electrons. The number of nitrogens with one attached hydrogen (secondary N) is 2. The number of hydrogen-bond acceptors (Lipinski definition) is 3. The van der Waals surface area contributed by atoms with Crippen LogP contribution in [0.25, 0.3) is 0 Å². The molecule has 0 heterocycles. The van der Waals surface area contributed by atoms with Gasteiger partial charge in [-0.1, -0.05) is 29.8 Å². The molecule has 1 atom stereocenters. The van der Waals surface area contributed by atoms with Crippen molar-refractivity contribution in [1.29, 1.82) is 0 Å². The molecule has 1 unspecified atom stereocenters. The summed E-state index contributed by atoms with van der Waals surface area (Å²) in [4.78, 5) is 22.3. The lowest BCUT2D eigenvalue weighted by molar-refractivity contribution is -0.139. The first-order valence-corrected chi connectivity index (χ1v) is 5.75. The molecule has 1 aromatic rings. The van der Waals surface area contributed by atoms with Crippen LogP contribution in [0.3, 0.4) is 0 Å². The second kappa shape index (κ2) is 6.98. The summed E-state index contributed by atoms with van der Waals surface area (Å²) in [5, 5.41) is 5.27. The van der Waals surface area contributed by atoms with Crippen molar-refractivity contribution >= 4 is 23.4 Å². The van der Waals surface area contributed by atoms with E-state index in [0.29, 0.717) is 5.02 Å². The predicted octanol–water partition coefficient (Wildman–Crippen LogP) is 0.890. The van der Waals surface area contributed by atoms with Gasteiger partial charge in [-0.2, -0.15) is 0 Å². The fourth-order valence-electron chi connectivity index (χ4n) is 1.44. The highest BCUT2D eigenvalue weighted by atomic mass is 35.5. The third-order valence-electron chi connectivity index (χ3n) is 2.42. The second-order valence-electron chi connectivity index (χ2n) is 3.54. The third kappa shape index (κ3) is 3.72. The zero-order valence-corrected chi connectivity index (χ0v) is 11.0. The SMILES string of the molecule is CNC(=O)C(=O)NCC(OC)c1ccccc1Cl. The molecule has 0 bridgehead atoms. The van der Waals surface area contributed by atoms with E-state index in [4.69, 9.17) is 16.3 Å². The van der Waals surface area contributed by atoms with Crippen LogP contribution >= 0.6 is 11.6 Å². The molecule has 0 radical (unpaired) electrons. The fraction of sp³-hybridized carbons (Fsp3) is 0.333. The molecule has 2 N–H and O–H groups in total. The van der Waals surface area contributed by atoms with Gasteiger partial charge in [0, 0.05) is 31.3 Å². The molecule has 0 saturated heterocycles. The van der Waals surface area contributed by atoms with E-state index in [9.17, 15) is 9.59 Å². The number of ether oxygens (including phenoxy) is 1. The van der Waals surface area contributed by atoms with Crippen LogP contribution < -0.4 is 10.6 Å². The molecular formula is C12H15ClN2O3. The minimum Gasteiger partial charge on any atom is -0.375 e. The van der Waals surface area contributed by atoms with E-state index in [1.54, 1.807) is 6.07 Å². The molecule has 1 aromatic carbocycles. The van der Waals surface area contributed by atoms with Gasteiger partial charge in [0.1, 0.15) is 6.10 Å². The molecule has 0 aliphatic carbocycles. The summed E-state index contributed by atoms with van der Waals surface area (Å²) in [6.07, 6.45) is -0.396. The van der Waals surface area contributed by atoms with Crippen molar-refractivity contribution in [3.05, 3.63) is 34.9 Å². The topological polar surface area (TPSA) is 67.4 Å². The van der Waals surface area contributed by atoms with Gasteiger partial charge in [-0.3, -0.25) is 9.59 Å². The van der Waals surface area contributed by atoms with Crippen LogP contribution in [-0.2, 0) is 14.3 Å². The standard InChI is InChI=1S/C12H15ClN2O3/c1-14-11(16)12(17)15-7-10(18-2)8-5-3-4-6-9(8)13/h3-6,10H,7H2,1-2H3,(H,14,16)(H,15,17). The van der Waals surface area contributed by atoms with Crippen molar-refractivity contribution in [2.45, 2.75) is 6.10 Å². The van der Waals surface area contributed by atoms with Crippen molar-refractivity contribution in [2.24, 2.45) is 0 Å². The Morgan fingerprint density at radius 1 is 1.33 bits per heavy atom. The van der Waals surface area contributed by atoms with E-state index in [-0.39, 0.29) is 6.54 Å². The normalized spacial score (nSPS) is 11.7. The zero-order valence-electron chi connectivity index (χ0n) is 10.2. The van der Waals surface area contributed by atoms with Crippen molar-refractivity contribution in [3.8, 4) is 0 Å². The van der Waals surface area contributed by atoms with Gasteiger partial charge >= 0.3 is 11.8 Å². The largest absolute Gasteiger partial charge is 0.375 e. The number of rotatable bonds is 4. The van der Waals surface area contributed by atoms with Gasteiger partial charge in [-0.15, -0.1) is 0 Å². The summed E-state index contributed by atoms with van der Waals surface area (Å²) in [5.41, 5.74) is 0.763. The summed E-state index contributed by atoms with van der Waals surface area (Å²) in [6.45, 7) is 0.173. The molecule has 1 rings (SSSR count). The van der Waals surface area contributed by atoms with E-state index in [2.05, 4.69) is 10.6 Å². The Hall–Kier alpha value is -1.59. The van der Waals surface area contributed by atoms with Gasteiger partial charge in [-0.05, 0) is 6.07 Å². The van der Waals surface area contributed by atoms with Crippen LogP contribution in [0, 0.1) is 0 Å². The van der Waals surface area contributed by atoms with E-state index < -0.39 is 17.9 Å². The van der Waals surface area contributed by atoms with Crippen molar-refractivity contribution < 1.29 is 14.3 Å². The lowest BCUT2D eigenvalue weighted by Crippen LogP contribution is -2.40. The van der Waals surface area contributed by atoms with Gasteiger partial charge in [0.05, 0.1) is 0 Å². The molecule has 0 aromatic heterocycles. The van der Waals surface area contributed by atoms with Crippen molar-refractivity contribution in [3.63, 3.8) is 0 Å². The predicted molar refractivity (Wildman–Crippen MR) is 68.3 cm³/mol. The average Bonchev–Trinajstić information content (AvgIpc) is 2.40. The number of amides is 2. The van der Waals surface area contributed by atoms with Crippen LogP contribution in [-0.4, -0.2) is 32.5 Å². The monoisotopic (exact) mass is 270 g/mol. The van der Waals surface area contributed by atoms with Gasteiger partial charge in [0.15, 0.2) is 0 Å². The Morgan fingerprint density at radius 3 is 2.56 bits per heavy atom. The minimum absolute atomic E-state index is 0.173. The highest BCUT2D eigenvalue weighted by molar-refractivity contribution is 6.35. The van der Waals surface area contributed by atoms with Crippen LogP contribution in [0.4, 0.5) is 0 Å². The summed E-state index contributed by atoms with van der Waals surface area (Å²) >= 11 is 6.03. The number of halogens is 1. The molecule has 0 fully saturated rings. The second-order valence-corrected chi connectivity index (χ2v) is 3.94. The van der Waals surface area contributed by atoms with Crippen molar-refractivity contribution in [1.82, 2.24) is 10.6 Å². The van der Waals surface area contributed by atoms with Gasteiger partial charge < -0.3 is 15.4 Å². The molecule has 2 amide bonds. The van der Waals surface area contributed by atoms with E-state index in [1.165, 1.54) is 14.2 Å². The third-order valence-corrected chi connectivity index (χ3v) is 2.76. The molecule has 0 aliphatic rings. The maximum Gasteiger partial charge on any atom is 0.309 e. The Labute approximate surface area is 110 Å². The molecule has 0 aliphatic heterocycles. The highest BCUT2D eigenvalue weighted by Gasteiger charge is 2.17. The molecule has 18 heavy (non-hydrogen) atoms. The lowest BCUT2D eigenvalue weighted by atomic mass is 10.1. The van der Waals surface area contributed by atoms with Crippen molar-refractivity contribution in [2.75, 3.05) is 20.7 Å². The number of methoxy groups -OCH3 is 1. The van der Waals surface area contributed by atoms with E-state index in [0.717, 1.165) is 5.56 Å². The summed E-state index contributed by atoms with van der Waals surface area (Å²) < 4.78 is 5.25. The Kier molecular flexibility index (Phi) is 5.61. The smallest absolute Gasteiger partial charge is 0.309 e. The van der Waals surface area contributed by atoms with Crippen LogP contribution in [0.15, 0.2) is 24.3 Å². The number of hydrogen-bond donors (Lipinski definition) is 2. The first-order valence-electron chi connectivity index (χ1n) is 5.37. The maximum atomic E-state index is 11.3. The van der Waals surface area contributed by atoms with E-state index in [1.807, 2.05) is 18.2 Å². The number of likely N-dealkylation sites (N-methyl/N-ethyl adjacent to an activating group) is 1. The average molecular weight is 271 g/mol. The Morgan fingerprint density at radius 2 is 2.00 bits per heavy atom. The van der Waals surface area contributed by atoms with Gasteiger partial charge in [0.2, 0.25) is 0 Å². The van der Waals surface area contributed by atoms with Gasteiger partial charge in [0.25, 0.3) is 0 Å². The van der Waals surface area contributed by atoms with E-state index >= 15 is 0 Å². The zero-order chi connectivity index (χ0) is 13.5. The molecule has 6 heteroatoms. The van der Waals surface area contributed by atoms with Crippen LogP contribution in [0.1, 0.15) is 11.7 Å². The first kappa shape index (κ1) is 14.5. The maximum absolute atomic E-state index is 11.3. The highest BCUT2D eigenvalue weighted by Crippen LogP contribution is 2.24. The lowest BCUT2D eigenvalue weighted by Gasteiger charge is -2.17. The van der Waals surface area contributed by atoms with Crippen LogP contribution in [0.5, 0.6) is 0 Å². The van der Waals surface area contributed by atoms with Gasteiger partial charge in [-0.25, -0.2) is 0 Å². The molecular weight excluding hydrogens is 256 g/mol. The Bertz CT molecular complexity index is 437. The quantitative estimate of drug-likeness (QED) is 0.799. The molecule has 0 spiro atoms. The first-order chi connectivity index (χ1) is 8.60. The number of carbonyl (C=O) groups is 2. The molecule has 0 saturated carbocycles. The summed E-state index contributed by atoms with van der Waals surface area (Å²) in [5.74, 6) is -1.39. The summed E-state index contributed by atoms with van der Waals surface area (Å²) in [7, 11) is 2.91. The Balaban J connectivity index is 2.66. The minimum atomic E-state index is -0.702. The number of benzene rings is 1. The van der Waals surface area contributed by atoms with Crippen LogP contribution in [0.2, 0.25) is 5.02 Å². The summed E-state index contributed by atoms with van der Waals surface area (Å²) in [6, 6.07) is 7.18. The molecule has 5 nitrogen and oxygen atoms in total. The number of carbonyl (C=O) groups excluding carboxylic acids is 2. The fourth-order valence-corrected chi connectivity index (χ4v) is 1.69.